The second-order valence-corrected chi connectivity index (χ2v) is 7.19. The summed E-state index contributed by atoms with van der Waals surface area (Å²) in [6, 6.07) is 14.7. The van der Waals surface area contributed by atoms with Crippen LogP contribution >= 0.6 is 0 Å². The van der Waals surface area contributed by atoms with Gasteiger partial charge < -0.3 is 25.0 Å². The molecule has 0 atom stereocenters. The zero-order valence-corrected chi connectivity index (χ0v) is 17.3. The SMILES string of the molecule is O=C(c1ccc(C#Cc2ccc(NCc3nc[nH]c(=O)c3O)cc2)cc1)N1CCOCC1. The maximum atomic E-state index is 12.5. The van der Waals surface area contributed by atoms with Crippen LogP contribution in [0.4, 0.5) is 5.69 Å². The monoisotopic (exact) mass is 430 g/mol. The molecule has 1 fully saturated rings. The van der Waals surface area contributed by atoms with Crippen molar-refractivity contribution < 1.29 is 14.6 Å². The number of hydrogen-bond acceptors (Lipinski definition) is 6. The van der Waals surface area contributed by atoms with Crippen LogP contribution in [0.15, 0.2) is 59.7 Å². The highest BCUT2D eigenvalue weighted by Gasteiger charge is 2.18. The predicted octanol–water partition coefficient (Wildman–Crippen LogP) is 1.96. The van der Waals surface area contributed by atoms with Gasteiger partial charge in [0, 0.05) is 35.5 Å². The Morgan fingerprint density at radius 2 is 1.69 bits per heavy atom. The summed E-state index contributed by atoms with van der Waals surface area (Å²) in [6.07, 6.45) is 1.25. The molecule has 0 unspecified atom stereocenters. The number of aromatic amines is 1. The van der Waals surface area contributed by atoms with Crippen molar-refractivity contribution in [3.63, 3.8) is 0 Å². The van der Waals surface area contributed by atoms with Crippen molar-refractivity contribution in [2.45, 2.75) is 6.54 Å². The Hall–Kier alpha value is -4.09. The highest BCUT2D eigenvalue weighted by Crippen LogP contribution is 2.13. The average Bonchev–Trinajstić information content (AvgIpc) is 2.85. The van der Waals surface area contributed by atoms with E-state index in [4.69, 9.17) is 4.74 Å². The minimum absolute atomic E-state index is 0.0135. The number of amides is 1. The van der Waals surface area contributed by atoms with Crippen LogP contribution in [0.25, 0.3) is 0 Å². The van der Waals surface area contributed by atoms with Gasteiger partial charge in [0.2, 0.25) is 5.75 Å². The Morgan fingerprint density at radius 1 is 1.06 bits per heavy atom. The first-order chi connectivity index (χ1) is 15.6. The van der Waals surface area contributed by atoms with Crippen molar-refractivity contribution >= 4 is 11.6 Å². The molecule has 8 heteroatoms. The second-order valence-electron chi connectivity index (χ2n) is 7.19. The zero-order chi connectivity index (χ0) is 22.3. The van der Waals surface area contributed by atoms with Crippen LogP contribution in [0.5, 0.6) is 5.75 Å². The second kappa shape index (κ2) is 9.81. The van der Waals surface area contributed by atoms with Gasteiger partial charge in [-0.1, -0.05) is 11.8 Å². The molecule has 2 aromatic carbocycles. The van der Waals surface area contributed by atoms with Crippen LogP contribution in [0.1, 0.15) is 27.2 Å². The summed E-state index contributed by atoms with van der Waals surface area (Å²) in [7, 11) is 0. The van der Waals surface area contributed by atoms with E-state index < -0.39 is 5.56 Å². The van der Waals surface area contributed by atoms with Gasteiger partial charge in [-0.25, -0.2) is 4.98 Å². The molecule has 1 aliphatic rings. The van der Waals surface area contributed by atoms with Crippen molar-refractivity contribution in [1.29, 1.82) is 0 Å². The molecule has 0 bridgehead atoms. The normalized spacial score (nSPS) is 13.2. The smallest absolute Gasteiger partial charge is 0.293 e. The highest BCUT2D eigenvalue weighted by molar-refractivity contribution is 5.94. The van der Waals surface area contributed by atoms with Crippen molar-refractivity contribution in [2.75, 3.05) is 31.6 Å². The van der Waals surface area contributed by atoms with Crippen LogP contribution in [0.3, 0.4) is 0 Å². The van der Waals surface area contributed by atoms with Crippen LogP contribution in [0, 0.1) is 11.8 Å². The first kappa shape index (κ1) is 21.2. The molecule has 32 heavy (non-hydrogen) atoms. The lowest BCUT2D eigenvalue weighted by Gasteiger charge is -2.26. The number of H-pyrrole nitrogens is 1. The lowest BCUT2D eigenvalue weighted by atomic mass is 10.1. The first-order valence-electron chi connectivity index (χ1n) is 10.2. The van der Waals surface area contributed by atoms with E-state index in [0.29, 0.717) is 31.9 Å². The molecule has 1 aromatic heterocycles. The van der Waals surface area contributed by atoms with Gasteiger partial charge in [-0.2, -0.15) is 0 Å². The Kier molecular flexibility index (Phi) is 6.49. The number of carbonyl (C=O) groups excluding carboxylic acids is 1. The number of benzene rings is 2. The lowest BCUT2D eigenvalue weighted by Crippen LogP contribution is -2.40. The molecule has 0 spiro atoms. The van der Waals surface area contributed by atoms with Crippen LogP contribution in [0.2, 0.25) is 0 Å². The summed E-state index contributed by atoms with van der Waals surface area (Å²) in [5, 5.41) is 12.8. The number of aromatic nitrogens is 2. The van der Waals surface area contributed by atoms with Gasteiger partial charge in [-0.05, 0) is 48.5 Å². The van der Waals surface area contributed by atoms with E-state index >= 15 is 0 Å². The van der Waals surface area contributed by atoms with Gasteiger partial charge in [-0.3, -0.25) is 9.59 Å². The van der Waals surface area contributed by atoms with E-state index in [1.807, 2.05) is 36.4 Å². The molecule has 1 aliphatic heterocycles. The zero-order valence-electron chi connectivity index (χ0n) is 17.3. The molecule has 1 amide bonds. The number of rotatable bonds is 4. The summed E-state index contributed by atoms with van der Waals surface area (Å²) < 4.78 is 5.29. The van der Waals surface area contributed by atoms with Crippen molar-refractivity contribution in [1.82, 2.24) is 14.9 Å². The third-order valence-electron chi connectivity index (χ3n) is 5.03. The number of nitrogens with one attached hydrogen (secondary N) is 2. The quantitative estimate of drug-likeness (QED) is 0.546. The summed E-state index contributed by atoms with van der Waals surface area (Å²) in [5.74, 6) is 5.83. The summed E-state index contributed by atoms with van der Waals surface area (Å²) in [4.78, 5) is 32.0. The maximum Gasteiger partial charge on any atom is 0.293 e. The van der Waals surface area contributed by atoms with Crippen LogP contribution in [-0.2, 0) is 11.3 Å². The largest absolute Gasteiger partial charge is 0.502 e. The van der Waals surface area contributed by atoms with E-state index in [9.17, 15) is 14.7 Å². The molecule has 0 radical (unpaired) electrons. The Bertz CT molecular complexity index is 1200. The van der Waals surface area contributed by atoms with Gasteiger partial charge in [0.25, 0.3) is 11.5 Å². The summed E-state index contributed by atoms with van der Waals surface area (Å²) in [6.45, 7) is 2.61. The van der Waals surface area contributed by atoms with Gasteiger partial charge in [0.1, 0.15) is 5.69 Å². The van der Waals surface area contributed by atoms with Crippen LogP contribution < -0.4 is 10.9 Å². The average molecular weight is 430 g/mol. The Balaban J connectivity index is 1.35. The molecule has 0 aliphatic carbocycles. The minimum Gasteiger partial charge on any atom is -0.502 e. The van der Waals surface area contributed by atoms with E-state index in [1.54, 1.807) is 17.0 Å². The third-order valence-corrected chi connectivity index (χ3v) is 5.03. The fourth-order valence-electron chi connectivity index (χ4n) is 3.21. The summed E-state index contributed by atoms with van der Waals surface area (Å²) >= 11 is 0. The van der Waals surface area contributed by atoms with Crippen molar-refractivity contribution in [2.24, 2.45) is 0 Å². The molecule has 4 rings (SSSR count). The van der Waals surface area contributed by atoms with Gasteiger partial charge >= 0.3 is 0 Å². The molecule has 3 aromatic rings. The molecular formula is C24H22N4O4. The Morgan fingerprint density at radius 3 is 2.34 bits per heavy atom. The van der Waals surface area contributed by atoms with E-state index in [0.717, 1.165) is 16.8 Å². The summed E-state index contributed by atoms with van der Waals surface area (Å²) in [5.41, 5.74) is 2.81. The number of hydrogen-bond donors (Lipinski definition) is 3. The van der Waals surface area contributed by atoms with E-state index in [-0.39, 0.29) is 23.9 Å². The fraction of sp³-hybridized carbons (Fsp3) is 0.208. The van der Waals surface area contributed by atoms with Crippen molar-refractivity contribution in [3.8, 4) is 17.6 Å². The number of aromatic hydroxyl groups is 1. The molecule has 2 heterocycles. The topological polar surface area (TPSA) is 108 Å². The molecule has 0 saturated carbocycles. The molecule has 1 saturated heterocycles. The fourth-order valence-corrected chi connectivity index (χ4v) is 3.21. The van der Waals surface area contributed by atoms with Gasteiger partial charge in [0.05, 0.1) is 26.1 Å². The highest BCUT2D eigenvalue weighted by atomic mass is 16.5. The predicted molar refractivity (Wildman–Crippen MR) is 119 cm³/mol. The maximum absolute atomic E-state index is 12.5. The minimum atomic E-state index is -0.569. The molecule has 162 valence electrons. The molecular weight excluding hydrogens is 408 g/mol. The Labute approximate surface area is 184 Å². The number of morpholine rings is 1. The standard InChI is InChI=1S/C24H22N4O4/c29-22-21(26-16-27-23(22)30)15-25-20-9-5-18(6-10-20)2-1-17-3-7-19(8-4-17)24(31)28-11-13-32-14-12-28/h3-10,16,25,29H,11-15H2,(H,26,27,30). The third kappa shape index (κ3) is 5.14. The van der Waals surface area contributed by atoms with Crippen molar-refractivity contribution in [3.05, 3.63) is 87.6 Å². The van der Waals surface area contributed by atoms with E-state index in [1.165, 1.54) is 6.33 Å². The lowest BCUT2D eigenvalue weighted by molar-refractivity contribution is 0.0303. The van der Waals surface area contributed by atoms with E-state index in [2.05, 4.69) is 27.1 Å². The number of nitrogens with zero attached hydrogens (tertiary/aromatic N) is 2. The van der Waals surface area contributed by atoms with Gasteiger partial charge in [-0.15, -0.1) is 0 Å². The van der Waals surface area contributed by atoms with Gasteiger partial charge in [0.15, 0.2) is 0 Å². The first-order valence-corrected chi connectivity index (χ1v) is 10.2. The molecule has 8 nitrogen and oxygen atoms in total. The molecule has 3 N–H and O–H groups in total. The number of ether oxygens (including phenoxy) is 1. The number of anilines is 1. The van der Waals surface area contributed by atoms with Crippen LogP contribution in [-0.4, -0.2) is 52.2 Å². The number of carbonyl (C=O) groups is 1.